The fraction of sp³-hybridized carbons (Fsp3) is 0.429. The van der Waals surface area contributed by atoms with Gasteiger partial charge in [0.2, 0.25) is 6.79 Å². The zero-order valence-corrected chi connectivity index (χ0v) is 31.3. The van der Waals surface area contributed by atoms with Crippen LogP contribution in [0.4, 0.5) is 15.4 Å². The van der Waals surface area contributed by atoms with Crippen molar-refractivity contribution in [1.29, 1.82) is 0 Å². The predicted octanol–water partition coefficient (Wildman–Crippen LogP) is 4.99. The molecule has 2 aliphatic heterocycles. The maximum atomic E-state index is 13.8. The van der Waals surface area contributed by atoms with Crippen LogP contribution in [0.2, 0.25) is 0 Å². The fourth-order valence-electron chi connectivity index (χ4n) is 5.76. The molecule has 0 spiro atoms. The van der Waals surface area contributed by atoms with Crippen LogP contribution in [-0.2, 0) is 64.8 Å². The number of ether oxygens (including phenoxy) is 7. The van der Waals surface area contributed by atoms with Crippen molar-refractivity contribution in [2.24, 2.45) is 0 Å². The maximum Gasteiger partial charge on any atom is 0.510 e. The molecule has 4 aromatic rings. The Morgan fingerprint density at radius 2 is 1.71 bits per heavy atom. The molecule has 55 heavy (non-hydrogen) atoms. The highest BCUT2D eigenvalue weighted by Gasteiger charge is 2.59. The van der Waals surface area contributed by atoms with Crippen molar-refractivity contribution in [2.75, 3.05) is 25.5 Å². The van der Waals surface area contributed by atoms with E-state index in [1.165, 1.54) is 24.1 Å². The van der Waals surface area contributed by atoms with Gasteiger partial charge in [-0.05, 0) is 38.8 Å². The molecule has 19 nitrogen and oxygen atoms in total. The van der Waals surface area contributed by atoms with E-state index in [4.69, 9.17) is 42.2 Å². The standard InChI is InChI=1S/C35H41N6O13P/c1-22(2)52-31(42)23(3)40-55(45)50-17-26-28(54-34(44)48-21-51-55)35(4,49-20-46-15-24-11-7-5-8-12-24)32(53-26)41-19-38-27-29(36-18-37-30(27)41)39-33(43)47-16-25-13-9-6-10-14-25/h5-14,18-19,22-23,26,28,32H,15-17,20-21H2,1-4H3,(H,40,45)(H,36,37,39,43)/t23?,26-,28?,32-,35+,55?/m1/s1. The Morgan fingerprint density at radius 1 is 1.00 bits per heavy atom. The lowest BCUT2D eigenvalue weighted by atomic mass is 9.95. The van der Waals surface area contributed by atoms with E-state index in [1.807, 2.05) is 60.7 Å². The minimum absolute atomic E-state index is 0.0228. The molecule has 0 bridgehead atoms. The van der Waals surface area contributed by atoms with Gasteiger partial charge in [0.25, 0.3) is 0 Å². The van der Waals surface area contributed by atoms with Crippen LogP contribution >= 0.6 is 7.75 Å². The van der Waals surface area contributed by atoms with Crippen molar-refractivity contribution < 1.29 is 61.2 Å². The highest BCUT2D eigenvalue weighted by molar-refractivity contribution is 7.51. The summed E-state index contributed by atoms with van der Waals surface area (Å²) < 4.78 is 66.4. The average Bonchev–Trinajstić information content (AvgIpc) is 3.71. The molecule has 6 rings (SSSR count). The summed E-state index contributed by atoms with van der Waals surface area (Å²) >= 11 is 0. The number of rotatable bonds is 13. The van der Waals surface area contributed by atoms with E-state index in [2.05, 4.69) is 25.4 Å². The lowest BCUT2D eigenvalue weighted by Gasteiger charge is -2.35. The quantitative estimate of drug-likeness (QED) is 0.0600. The van der Waals surface area contributed by atoms with Crippen molar-refractivity contribution in [1.82, 2.24) is 24.6 Å². The number of nitrogens with one attached hydrogen (secondary N) is 2. The number of carbonyl (C=O) groups excluding carboxylic acids is 3. The van der Waals surface area contributed by atoms with Gasteiger partial charge in [0.05, 0.1) is 25.6 Å². The highest BCUT2D eigenvalue weighted by Crippen LogP contribution is 2.49. The van der Waals surface area contributed by atoms with Gasteiger partial charge < -0.3 is 33.2 Å². The number of anilines is 1. The number of nitrogens with zero attached hydrogens (tertiary/aromatic N) is 4. The van der Waals surface area contributed by atoms with Gasteiger partial charge in [0.15, 0.2) is 34.9 Å². The van der Waals surface area contributed by atoms with Crippen molar-refractivity contribution in [3.8, 4) is 0 Å². The second kappa shape index (κ2) is 17.6. The molecule has 2 fully saturated rings. The van der Waals surface area contributed by atoms with Gasteiger partial charge in [-0.25, -0.2) is 34.2 Å². The highest BCUT2D eigenvalue weighted by atomic mass is 31.2. The molecule has 1 amide bonds. The summed E-state index contributed by atoms with van der Waals surface area (Å²) in [6, 6.07) is 17.4. The molecule has 2 aromatic carbocycles. The third kappa shape index (κ3) is 9.81. The predicted molar refractivity (Wildman–Crippen MR) is 190 cm³/mol. The first-order valence-corrected chi connectivity index (χ1v) is 18.8. The third-order valence-corrected chi connectivity index (χ3v) is 10.0. The minimum atomic E-state index is -4.35. The molecule has 2 N–H and O–H groups in total. The van der Waals surface area contributed by atoms with Crippen LogP contribution in [0.1, 0.15) is 45.0 Å². The topological polar surface area (TPSA) is 219 Å². The molecule has 6 atom stereocenters. The van der Waals surface area contributed by atoms with E-state index >= 15 is 0 Å². The molecule has 0 aliphatic carbocycles. The van der Waals surface area contributed by atoms with Gasteiger partial charge in [-0.15, -0.1) is 0 Å². The number of fused-ring (bicyclic) bond motifs is 2. The molecule has 20 heteroatoms. The summed E-state index contributed by atoms with van der Waals surface area (Å²) in [6.07, 6.45) is -3.47. The van der Waals surface area contributed by atoms with Crippen molar-refractivity contribution >= 4 is 42.9 Å². The lowest BCUT2D eigenvalue weighted by Crippen LogP contribution is -2.50. The van der Waals surface area contributed by atoms with E-state index in [9.17, 15) is 18.9 Å². The number of hydrogen-bond acceptors (Lipinski definition) is 16. The average molecular weight is 785 g/mol. The molecule has 294 valence electrons. The molecule has 2 aliphatic rings. The van der Waals surface area contributed by atoms with Crippen LogP contribution in [-0.4, -0.2) is 87.9 Å². The van der Waals surface area contributed by atoms with Gasteiger partial charge in [-0.1, -0.05) is 60.7 Å². The second-order valence-corrected chi connectivity index (χ2v) is 14.6. The summed E-state index contributed by atoms with van der Waals surface area (Å²) in [4.78, 5) is 51.3. The van der Waals surface area contributed by atoms with E-state index in [0.29, 0.717) is 0 Å². The maximum absolute atomic E-state index is 13.8. The number of cyclic esters (lactones) is 1. The van der Waals surface area contributed by atoms with E-state index in [0.717, 1.165) is 11.1 Å². The van der Waals surface area contributed by atoms with Gasteiger partial charge in [-0.3, -0.25) is 23.7 Å². The molecule has 0 saturated carbocycles. The minimum Gasteiger partial charge on any atom is -0.462 e. The Bertz CT molecular complexity index is 1990. The number of aromatic nitrogens is 4. The molecule has 4 heterocycles. The fourth-order valence-corrected chi connectivity index (χ4v) is 7.10. The largest absolute Gasteiger partial charge is 0.510 e. The number of hydrogen-bond donors (Lipinski definition) is 2. The van der Waals surface area contributed by atoms with Gasteiger partial charge in [-0.2, -0.15) is 0 Å². The van der Waals surface area contributed by atoms with Crippen LogP contribution < -0.4 is 10.4 Å². The molecule has 0 radical (unpaired) electrons. The normalized spacial score (nSPS) is 24.7. The number of esters is 1. The van der Waals surface area contributed by atoms with Crippen molar-refractivity contribution in [2.45, 2.75) is 77.1 Å². The first-order valence-electron chi connectivity index (χ1n) is 17.2. The molecular weight excluding hydrogens is 743 g/mol. The Kier molecular flexibility index (Phi) is 12.7. The molecular formula is C35H41N6O13P. The Labute approximate surface area is 315 Å². The number of carbonyl (C=O) groups is 3. The summed E-state index contributed by atoms with van der Waals surface area (Å²) in [5, 5.41) is 5.11. The molecule has 2 aromatic heterocycles. The number of amides is 1. The Hall–Kier alpha value is -5.01. The van der Waals surface area contributed by atoms with Crippen molar-refractivity contribution in [3.63, 3.8) is 0 Å². The number of imidazole rings is 1. The van der Waals surface area contributed by atoms with Crippen LogP contribution in [0.5, 0.6) is 0 Å². The number of benzene rings is 2. The van der Waals surface area contributed by atoms with Crippen LogP contribution in [0.15, 0.2) is 73.3 Å². The van der Waals surface area contributed by atoms with Gasteiger partial charge in [0, 0.05) is 0 Å². The lowest BCUT2D eigenvalue weighted by molar-refractivity contribution is -0.199. The summed E-state index contributed by atoms with van der Waals surface area (Å²) in [5.41, 5.74) is 0.449. The Balaban J connectivity index is 1.27. The smallest absolute Gasteiger partial charge is 0.462 e. The zero-order valence-electron chi connectivity index (χ0n) is 30.4. The first kappa shape index (κ1) is 39.7. The Morgan fingerprint density at radius 3 is 2.42 bits per heavy atom. The summed E-state index contributed by atoms with van der Waals surface area (Å²) in [6.45, 7) is 4.93. The SMILES string of the molecule is CC(C)OC(=O)C(C)NP1(=O)OCOC(=O)OC2[C@@H](CO1)O[C@@H](n1cnc3c(NC(=O)OCc4ccccc4)ncnc31)[C@@]2(C)OCOCc1ccccc1. The van der Waals surface area contributed by atoms with E-state index in [1.54, 1.807) is 20.8 Å². The molecule has 3 unspecified atom stereocenters. The summed E-state index contributed by atoms with van der Waals surface area (Å²) in [7, 11) is -4.35. The van der Waals surface area contributed by atoms with E-state index < -0.39 is 75.5 Å². The zero-order chi connectivity index (χ0) is 39.0. The van der Waals surface area contributed by atoms with Gasteiger partial charge in [0.1, 0.15) is 31.9 Å². The van der Waals surface area contributed by atoms with Crippen LogP contribution in [0.25, 0.3) is 11.2 Å². The van der Waals surface area contributed by atoms with Crippen LogP contribution in [0.3, 0.4) is 0 Å². The van der Waals surface area contributed by atoms with Crippen molar-refractivity contribution in [3.05, 3.63) is 84.4 Å². The molecule has 2 saturated heterocycles. The van der Waals surface area contributed by atoms with Crippen LogP contribution in [0, 0.1) is 0 Å². The van der Waals surface area contributed by atoms with E-state index in [-0.39, 0.29) is 37.0 Å². The van der Waals surface area contributed by atoms with Gasteiger partial charge >= 0.3 is 26.0 Å². The second-order valence-electron chi connectivity index (χ2n) is 12.8. The summed E-state index contributed by atoms with van der Waals surface area (Å²) in [5.74, 6) is -0.668. The first-order chi connectivity index (χ1) is 26.4. The monoisotopic (exact) mass is 784 g/mol. The third-order valence-electron chi connectivity index (χ3n) is 8.39.